The number of halogens is 1. The van der Waals surface area contributed by atoms with Gasteiger partial charge in [0, 0.05) is 29.4 Å². The third-order valence-corrected chi connectivity index (χ3v) is 6.80. The van der Waals surface area contributed by atoms with E-state index in [2.05, 4.69) is 15.6 Å². The normalized spacial score (nSPS) is 17.0. The third kappa shape index (κ3) is 4.90. The molecule has 0 radical (unpaired) electrons. The second-order valence-electron chi connectivity index (χ2n) is 8.72. The zero-order chi connectivity index (χ0) is 26.1. The molecule has 1 aliphatic heterocycles. The van der Waals surface area contributed by atoms with Crippen LogP contribution >= 0.6 is 23.8 Å². The first-order valence-corrected chi connectivity index (χ1v) is 12.5. The molecule has 3 heterocycles. The van der Waals surface area contributed by atoms with Crippen LogP contribution in [0.3, 0.4) is 0 Å². The molecule has 0 aliphatic carbocycles. The molecule has 1 amide bonds. The number of methoxy groups -OCH3 is 1. The minimum Gasteiger partial charge on any atom is -0.495 e. The van der Waals surface area contributed by atoms with Gasteiger partial charge in [0.1, 0.15) is 23.3 Å². The van der Waals surface area contributed by atoms with Gasteiger partial charge in [-0.3, -0.25) is 9.78 Å². The van der Waals surface area contributed by atoms with E-state index in [1.807, 2.05) is 72.5 Å². The van der Waals surface area contributed by atoms with Gasteiger partial charge in [0.25, 0.3) is 0 Å². The van der Waals surface area contributed by atoms with E-state index in [1.54, 1.807) is 19.4 Å². The fourth-order valence-electron chi connectivity index (χ4n) is 4.57. The number of rotatable bonds is 6. The molecule has 0 saturated carbocycles. The van der Waals surface area contributed by atoms with Crippen molar-refractivity contribution in [3.8, 4) is 17.1 Å². The molecule has 0 unspecified atom stereocenters. The van der Waals surface area contributed by atoms with Crippen LogP contribution in [0.25, 0.3) is 11.3 Å². The van der Waals surface area contributed by atoms with Crippen LogP contribution in [-0.2, 0) is 4.79 Å². The highest BCUT2D eigenvalue weighted by Crippen LogP contribution is 2.44. The van der Waals surface area contributed by atoms with Crippen molar-refractivity contribution in [1.82, 2.24) is 10.3 Å². The number of thiocarbonyl (C=S) groups is 1. The Morgan fingerprint density at radius 3 is 2.73 bits per heavy atom. The first-order chi connectivity index (χ1) is 17.9. The zero-order valence-corrected chi connectivity index (χ0v) is 22.1. The van der Waals surface area contributed by atoms with E-state index in [0.717, 1.165) is 22.5 Å². The molecule has 4 aromatic rings. The number of benzene rings is 2. The summed E-state index contributed by atoms with van der Waals surface area (Å²) in [6.07, 6.45) is 1.75. The van der Waals surface area contributed by atoms with Gasteiger partial charge in [0.05, 0.1) is 24.5 Å². The van der Waals surface area contributed by atoms with Gasteiger partial charge in [-0.1, -0.05) is 23.7 Å². The van der Waals surface area contributed by atoms with E-state index in [4.69, 9.17) is 33.0 Å². The van der Waals surface area contributed by atoms with Crippen LogP contribution in [0.5, 0.6) is 5.75 Å². The van der Waals surface area contributed by atoms with E-state index < -0.39 is 0 Å². The van der Waals surface area contributed by atoms with Gasteiger partial charge < -0.3 is 24.7 Å². The van der Waals surface area contributed by atoms with Crippen LogP contribution in [0.4, 0.5) is 11.4 Å². The van der Waals surface area contributed by atoms with Crippen molar-refractivity contribution in [3.63, 3.8) is 0 Å². The van der Waals surface area contributed by atoms with Gasteiger partial charge in [0.15, 0.2) is 5.11 Å². The number of hydrogen-bond acceptors (Lipinski definition) is 5. The van der Waals surface area contributed by atoms with E-state index in [-0.39, 0.29) is 18.0 Å². The van der Waals surface area contributed by atoms with Crippen molar-refractivity contribution >= 4 is 46.2 Å². The highest BCUT2D eigenvalue weighted by molar-refractivity contribution is 7.80. The number of amides is 1. The Balaban J connectivity index is 1.62. The van der Waals surface area contributed by atoms with Crippen LogP contribution in [0.2, 0.25) is 5.02 Å². The zero-order valence-electron chi connectivity index (χ0n) is 20.5. The number of aromatic nitrogens is 1. The largest absolute Gasteiger partial charge is 0.495 e. The summed E-state index contributed by atoms with van der Waals surface area (Å²) >= 11 is 12.1. The molecule has 0 bridgehead atoms. The Kier molecular flexibility index (Phi) is 6.86. The van der Waals surface area contributed by atoms with Gasteiger partial charge >= 0.3 is 0 Å². The number of carbonyl (C=O) groups excluding carboxylic acids is 1. The Morgan fingerprint density at radius 2 is 2.00 bits per heavy atom. The average molecular weight is 533 g/mol. The number of nitrogens with one attached hydrogen (secondary N) is 2. The lowest BCUT2D eigenvalue weighted by Crippen LogP contribution is -2.29. The van der Waals surface area contributed by atoms with E-state index in [9.17, 15) is 4.79 Å². The van der Waals surface area contributed by atoms with Crippen molar-refractivity contribution in [3.05, 3.63) is 95.0 Å². The summed E-state index contributed by atoms with van der Waals surface area (Å²) in [5, 5.41) is 7.40. The summed E-state index contributed by atoms with van der Waals surface area (Å²) in [6, 6.07) is 20.3. The first-order valence-electron chi connectivity index (χ1n) is 11.7. The van der Waals surface area contributed by atoms with E-state index in [1.165, 1.54) is 6.92 Å². The van der Waals surface area contributed by atoms with Crippen molar-refractivity contribution in [1.29, 1.82) is 0 Å². The number of hydrogen-bond donors (Lipinski definition) is 2. The monoisotopic (exact) mass is 532 g/mol. The molecule has 1 saturated heterocycles. The summed E-state index contributed by atoms with van der Waals surface area (Å²) in [7, 11) is 1.56. The molecular weight excluding hydrogens is 508 g/mol. The van der Waals surface area contributed by atoms with Crippen molar-refractivity contribution in [2.24, 2.45) is 0 Å². The summed E-state index contributed by atoms with van der Waals surface area (Å²) in [5.74, 6) is 1.76. The number of furan rings is 1. The summed E-state index contributed by atoms with van der Waals surface area (Å²) in [4.78, 5) is 18.4. The van der Waals surface area contributed by atoms with Crippen molar-refractivity contribution in [2.45, 2.75) is 25.9 Å². The number of anilines is 2. The smallest absolute Gasteiger partial charge is 0.221 e. The maximum Gasteiger partial charge on any atom is 0.221 e. The summed E-state index contributed by atoms with van der Waals surface area (Å²) in [5.41, 5.74) is 4.11. The highest BCUT2D eigenvalue weighted by atomic mass is 35.5. The molecule has 188 valence electrons. The van der Waals surface area contributed by atoms with E-state index >= 15 is 0 Å². The average Bonchev–Trinajstić information content (AvgIpc) is 3.50. The molecule has 1 fully saturated rings. The third-order valence-electron chi connectivity index (χ3n) is 6.25. The van der Waals surface area contributed by atoms with Gasteiger partial charge in [-0.05, 0) is 79.3 Å². The quantitative estimate of drug-likeness (QED) is 0.276. The molecule has 2 N–H and O–H groups in total. The SMILES string of the molecule is COc1ccc(N2C(=S)N[C@H](c3ccccn3)[C@@H]2c2ccc(-c3cc(Cl)ccc3C)o2)cc1NC(C)=O. The molecule has 2 aromatic heterocycles. The predicted octanol–water partition coefficient (Wildman–Crippen LogP) is 6.45. The number of nitrogens with zero attached hydrogens (tertiary/aromatic N) is 2. The minimum atomic E-state index is -0.353. The van der Waals surface area contributed by atoms with E-state index in [0.29, 0.717) is 33.1 Å². The lowest BCUT2D eigenvalue weighted by Gasteiger charge is -2.27. The Morgan fingerprint density at radius 1 is 1.16 bits per heavy atom. The fraction of sp³-hybridized carbons (Fsp3) is 0.179. The maximum atomic E-state index is 11.8. The second-order valence-corrected chi connectivity index (χ2v) is 9.55. The molecular formula is C28H25ClN4O3S. The molecule has 37 heavy (non-hydrogen) atoms. The second kappa shape index (κ2) is 10.2. The topological polar surface area (TPSA) is 79.6 Å². The molecule has 7 nitrogen and oxygen atoms in total. The number of carbonyl (C=O) groups is 1. The number of aryl methyl sites for hydroxylation is 1. The number of pyridine rings is 1. The predicted molar refractivity (Wildman–Crippen MR) is 149 cm³/mol. The molecule has 5 rings (SSSR count). The van der Waals surface area contributed by atoms with Crippen LogP contribution in [0, 0.1) is 6.92 Å². The minimum absolute atomic E-state index is 0.201. The van der Waals surface area contributed by atoms with Crippen molar-refractivity contribution < 1.29 is 13.9 Å². The fourth-order valence-corrected chi connectivity index (χ4v) is 5.09. The summed E-state index contributed by atoms with van der Waals surface area (Å²) in [6.45, 7) is 3.47. The first kappa shape index (κ1) is 24.8. The van der Waals surface area contributed by atoms with Gasteiger partial charge in [-0.2, -0.15) is 0 Å². The van der Waals surface area contributed by atoms with Crippen LogP contribution in [-0.4, -0.2) is 23.1 Å². The van der Waals surface area contributed by atoms with Crippen molar-refractivity contribution in [2.75, 3.05) is 17.3 Å². The van der Waals surface area contributed by atoms with Crippen LogP contribution in [0.15, 0.2) is 77.3 Å². The maximum absolute atomic E-state index is 11.8. The molecule has 2 aromatic carbocycles. The van der Waals surface area contributed by atoms with Gasteiger partial charge in [-0.15, -0.1) is 0 Å². The molecule has 9 heteroatoms. The van der Waals surface area contributed by atoms with Gasteiger partial charge in [-0.25, -0.2) is 0 Å². The Hall–Kier alpha value is -3.88. The molecule has 0 spiro atoms. The molecule has 2 atom stereocenters. The Labute approximate surface area is 225 Å². The Bertz CT molecular complexity index is 1470. The van der Waals surface area contributed by atoms with Crippen LogP contribution < -0.4 is 20.3 Å². The lowest BCUT2D eigenvalue weighted by molar-refractivity contribution is -0.114. The highest BCUT2D eigenvalue weighted by Gasteiger charge is 2.42. The number of ether oxygens (including phenoxy) is 1. The van der Waals surface area contributed by atoms with Gasteiger partial charge in [0.2, 0.25) is 5.91 Å². The molecule has 1 aliphatic rings. The standard InChI is InChI=1S/C28H25ClN4O3S/c1-16-7-8-18(29)14-20(16)23-11-12-25(36-23)27-26(21-6-4-5-13-30-21)32-28(37)33(27)19-9-10-24(35-3)22(15-19)31-17(2)34/h4-15,26-27H,1-3H3,(H,31,34)(H,32,37)/t26-,27+/m1/s1. The lowest BCUT2D eigenvalue weighted by atomic mass is 10.0. The summed E-state index contributed by atoms with van der Waals surface area (Å²) < 4.78 is 11.9. The van der Waals surface area contributed by atoms with Crippen LogP contribution in [0.1, 0.15) is 36.0 Å².